The minimum Gasteiger partial charge on any atom is -0.224 e. The van der Waals surface area contributed by atoms with Crippen LogP contribution in [0.25, 0.3) is 6.08 Å². The van der Waals surface area contributed by atoms with Gasteiger partial charge in [0.15, 0.2) is 9.84 Å². The molecule has 0 atom stereocenters. The van der Waals surface area contributed by atoms with Gasteiger partial charge in [0.2, 0.25) is 0 Å². The van der Waals surface area contributed by atoms with Crippen LogP contribution in [0.5, 0.6) is 0 Å². The molecule has 2 nitrogen and oxygen atoms in total. The Morgan fingerprint density at radius 2 is 1.60 bits per heavy atom. The number of halogens is 1. The van der Waals surface area contributed by atoms with Crippen LogP contribution < -0.4 is 0 Å². The Hall–Kier alpha value is -1.39. The maximum Gasteiger partial charge on any atom is 0.175 e. The summed E-state index contributed by atoms with van der Waals surface area (Å²) in [4.78, 5) is 0. The molecule has 0 fully saturated rings. The molecule has 2 aromatic rings. The number of hydrogen-bond donors (Lipinski definition) is 0. The molecule has 0 aliphatic carbocycles. The molecular weight excluding hydrogens is 336 g/mol. The normalized spacial score (nSPS) is 11.9. The predicted octanol–water partition coefficient (Wildman–Crippen LogP) is 4.34. The number of benzene rings is 2. The van der Waals surface area contributed by atoms with E-state index in [2.05, 4.69) is 15.9 Å². The lowest BCUT2D eigenvalue weighted by Crippen LogP contribution is -1.99. The molecule has 0 saturated heterocycles. The van der Waals surface area contributed by atoms with Gasteiger partial charge in [-0.3, -0.25) is 0 Å². The first-order valence-electron chi connectivity index (χ1n) is 6.16. The van der Waals surface area contributed by atoms with Gasteiger partial charge in [0.05, 0.1) is 5.75 Å². The Kier molecular flexibility index (Phi) is 4.78. The zero-order chi connectivity index (χ0) is 14.6. The molecule has 0 spiro atoms. The van der Waals surface area contributed by atoms with Crippen LogP contribution in [-0.2, 0) is 15.6 Å². The molecule has 0 aliphatic rings. The second kappa shape index (κ2) is 6.37. The fraction of sp³-hybridized carbons (Fsp3) is 0.125. The molecule has 2 rings (SSSR count). The molecule has 0 radical (unpaired) electrons. The number of hydrogen-bond acceptors (Lipinski definition) is 2. The third kappa shape index (κ3) is 4.62. The molecular formula is C16H15BrO2S. The van der Waals surface area contributed by atoms with Gasteiger partial charge in [-0.1, -0.05) is 57.9 Å². The molecule has 0 bridgehead atoms. The quantitative estimate of drug-likeness (QED) is 0.821. The van der Waals surface area contributed by atoms with Crippen molar-refractivity contribution >= 4 is 31.8 Å². The van der Waals surface area contributed by atoms with Gasteiger partial charge in [-0.05, 0) is 36.3 Å². The summed E-state index contributed by atoms with van der Waals surface area (Å²) in [6.45, 7) is 1.98. The van der Waals surface area contributed by atoms with Crippen LogP contribution in [0, 0.1) is 6.92 Å². The van der Waals surface area contributed by atoms with E-state index in [0.29, 0.717) is 0 Å². The van der Waals surface area contributed by atoms with Gasteiger partial charge in [0.1, 0.15) is 0 Å². The summed E-state index contributed by atoms with van der Waals surface area (Å²) in [5.41, 5.74) is 2.79. The van der Waals surface area contributed by atoms with Crippen molar-refractivity contribution in [2.45, 2.75) is 12.7 Å². The van der Waals surface area contributed by atoms with Crippen molar-refractivity contribution in [3.05, 3.63) is 75.1 Å². The molecule has 104 valence electrons. The zero-order valence-electron chi connectivity index (χ0n) is 11.1. The summed E-state index contributed by atoms with van der Waals surface area (Å²) in [5, 5.41) is 1.27. The Labute approximate surface area is 128 Å². The van der Waals surface area contributed by atoms with Gasteiger partial charge in [0.25, 0.3) is 0 Å². The average Bonchev–Trinajstić information content (AvgIpc) is 2.41. The summed E-state index contributed by atoms with van der Waals surface area (Å²) < 4.78 is 25.0. The van der Waals surface area contributed by atoms with E-state index in [9.17, 15) is 8.42 Å². The van der Waals surface area contributed by atoms with Crippen LogP contribution in [0.4, 0.5) is 0 Å². The SMILES string of the molecule is Cc1ccc(CS(=O)(=O)/C=C/c2ccc(Br)cc2)cc1. The summed E-state index contributed by atoms with van der Waals surface area (Å²) in [6.07, 6.45) is 1.62. The summed E-state index contributed by atoms with van der Waals surface area (Å²) in [7, 11) is -3.25. The first-order chi connectivity index (χ1) is 9.44. The van der Waals surface area contributed by atoms with Gasteiger partial charge in [0, 0.05) is 9.88 Å². The summed E-state index contributed by atoms with van der Waals surface area (Å²) in [5.74, 6) is 0.0281. The average molecular weight is 351 g/mol. The molecule has 0 saturated carbocycles. The molecule has 0 aromatic heterocycles. The molecule has 0 heterocycles. The van der Waals surface area contributed by atoms with Crippen LogP contribution in [0.1, 0.15) is 16.7 Å². The fourth-order valence-electron chi connectivity index (χ4n) is 1.72. The first-order valence-corrected chi connectivity index (χ1v) is 8.67. The Morgan fingerprint density at radius 1 is 1.00 bits per heavy atom. The second-order valence-corrected chi connectivity index (χ2v) is 7.45. The lowest BCUT2D eigenvalue weighted by molar-refractivity contribution is 0.604. The topological polar surface area (TPSA) is 34.1 Å². The van der Waals surface area contributed by atoms with E-state index >= 15 is 0 Å². The lowest BCUT2D eigenvalue weighted by Gasteiger charge is -2.01. The molecule has 0 unspecified atom stereocenters. The second-order valence-electron chi connectivity index (χ2n) is 4.65. The maximum absolute atomic E-state index is 12.0. The number of sulfone groups is 1. The van der Waals surface area contributed by atoms with E-state index in [-0.39, 0.29) is 5.75 Å². The molecule has 2 aromatic carbocycles. The van der Waals surface area contributed by atoms with Crippen molar-refractivity contribution in [1.29, 1.82) is 0 Å². The molecule has 20 heavy (non-hydrogen) atoms. The Morgan fingerprint density at radius 3 is 2.20 bits per heavy atom. The van der Waals surface area contributed by atoms with E-state index in [4.69, 9.17) is 0 Å². The minimum absolute atomic E-state index is 0.0281. The lowest BCUT2D eigenvalue weighted by atomic mass is 10.2. The van der Waals surface area contributed by atoms with Gasteiger partial charge >= 0.3 is 0 Å². The third-order valence-corrected chi connectivity index (χ3v) is 4.64. The van der Waals surface area contributed by atoms with E-state index in [1.54, 1.807) is 6.08 Å². The van der Waals surface area contributed by atoms with Crippen molar-refractivity contribution in [2.75, 3.05) is 0 Å². The van der Waals surface area contributed by atoms with Gasteiger partial charge in [-0.15, -0.1) is 0 Å². The van der Waals surface area contributed by atoms with Crippen LogP contribution in [0.15, 0.2) is 58.4 Å². The Bertz CT molecular complexity index is 699. The van der Waals surface area contributed by atoms with Gasteiger partial charge in [-0.25, -0.2) is 8.42 Å². The van der Waals surface area contributed by atoms with Crippen LogP contribution in [0.3, 0.4) is 0 Å². The molecule has 0 amide bonds. The van der Waals surface area contributed by atoms with Gasteiger partial charge < -0.3 is 0 Å². The largest absolute Gasteiger partial charge is 0.224 e. The van der Waals surface area contributed by atoms with Crippen molar-refractivity contribution in [1.82, 2.24) is 0 Å². The van der Waals surface area contributed by atoms with Crippen molar-refractivity contribution in [2.24, 2.45) is 0 Å². The van der Waals surface area contributed by atoms with Crippen LogP contribution in [0.2, 0.25) is 0 Å². The molecule has 4 heteroatoms. The van der Waals surface area contributed by atoms with E-state index in [1.807, 2.05) is 55.5 Å². The molecule has 0 aliphatic heterocycles. The molecule has 0 N–H and O–H groups in total. The highest BCUT2D eigenvalue weighted by molar-refractivity contribution is 9.10. The van der Waals surface area contributed by atoms with E-state index in [0.717, 1.165) is 21.2 Å². The monoisotopic (exact) mass is 350 g/mol. The maximum atomic E-state index is 12.0. The van der Waals surface area contributed by atoms with Crippen LogP contribution in [-0.4, -0.2) is 8.42 Å². The summed E-state index contributed by atoms with van der Waals surface area (Å²) in [6, 6.07) is 15.0. The minimum atomic E-state index is -3.25. The van der Waals surface area contributed by atoms with Crippen molar-refractivity contribution in [3.63, 3.8) is 0 Å². The standard InChI is InChI=1S/C16H15BrO2S/c1-13-2-4-15(5-3-13)12-20(18,19)11-10-14-6-8-16(17)9-7-14/h2-11H,12H2,1H3/b11-10+. The van der Waals surface area contributed by atoms with E-state index in [1.165, 1.54) is 5.41 Å². The first kappa shape index (κ1) is 15.0. The van der Waals surface area contributed by atoms with Gasteiger partial charge in [-0.2, -0.15) is 0 Å². The smallest absolute Gasteiger partial charge is 0.175 e. The van der Waals surface area contributed by atoms with Crippen molar-refractivity contribution in [3.8, 4) is 0 Å². The summed E-state index contributed by atoms with van der Waals surface area (Å²) >= 11 is 3.34. The van der Waals surface area contributed by atoms with E-state index < -0.39 is 9.84 Å². The fourth-order valence-corrected chi connectivity index (χ4v) is 3.10. The highest BCUT2D eigenvalue weighted by Gasteiger charge is 2.07. The highest BCUT2D eigenvalue weighted by atomic mass is 79.9. The zero-order valence-corrected chi connectivity index (χ0v) is 13.5. The highest BCUT2D eigenvalue weighted by Crippen LogP contribution is 2.14. The number of aryl methyl sites for hydroxylation is 1. The van der Waals surface area contributed by atoms with Crippen LogP contribution >= 0.6 is 15.9 Å². The predicted molar refractivity (Wildman–Crippen MR) is 87.0 cm³/mol. The number of rotatable bonds is 4. The third-order valence-electron chi connectivity index (χ3n) is 2.83. The van der Waals surface area contributed by atoms with Crippen molar-refractivity contribution < 1.29 is 8.42 Å². The Balaban J connectivity index is 2.11.